The first-order valence-corrected chi connectivity index (χ1v) is 10.9. The number of benzene rings is 2. The van der Waals surface area contributed by atoms with Crippen LogP contribution in [0.4, 0.5) is 5.69 Å². The van der Waals surface area contributed by atoms with Gasteiger partial charge in [0.05, 0.1) is 35.6 Å². The van der Waals surface area contributed by atoms with Crippen LogP contribution in [0.5, 0.6) is 17.2 Å². The van der Waals surface area contributed by atoms with Gasteiger partial charge in [0.1, 0.15) is 11.5 Å². The fourth-order valence-corrected chi connectivity index (χ4v) is 4.30. The van der Waals surface area contributed by atoms with E-state index in [1.54, 1.807) is 11.8 Å². The molecule has 10 heteroatoms. The molecule has 0 radical (unpaired) electrons. The first kappa shape index (κ1) is 24.1. The molecule has 0 amide bonds. The molecule has 35 heavy (non-hydrogen) atoms. The van der Waals surface area contributed by atoms with Crippen LogP contribution in [0.3, 0.4) is 0 Å². The van der Waals surface area contributed by atoms with E-state index in [1.165, 1.54) is 32.0 Å². The molecule has 0 N–H and O–H groups in total. The second-order valence-electron chi connectivity index (χ2n) is 8.20. The highest BCUT2D eigenvalue weighted by Crippen LogP contribution is 2.47. The highest BCUT2D eigenvalue weighted by molar-refractivity contribution is 6.32. The van der Waals surface area contributed by atoms with Crippen molar-refractivity contribution in [3.8, 4) is 17.2 Å². The molecule has 0 unspecified atom stereocenters. The number of fused-ring (bicyclic) bond motifs is 2. The van der Waals surface area contributed by atoms with Gasteiger partial charge in [0.25, 0.3) is 0 Å². The molecular formula is C25H23NO9. The lowest BCUT2D eigenvalue weighted by atomic mass is 9.81. The molecule has 4 rings (SSSR count). The lowest BCUT2D eigenvalue weighted by Gasteiger charge is -2.34. The molecule has 10 nitrogen and oxygen atoms in total. The second kappa shape index (κ2) is 9.30. The van der Waals surface area contributed by atoms with Gasteiger partial charge < -0.3 is 23.8 Å². The second-order valence-corrected chi connectivity index (χ2v) is 8.20. The number of hydrogen-bond acceptors (Lipinski definition) is 10. The van der Waals surface area contributed by atoms with Gasteiger partial charge in [-0.3, -0.25) is 24.0 Å². The summed E-state index contributed by atoms with van der Waals surface area (Å²) in [5.41, 5.74) is 0.515. The van der Waals surface area contributed by atoms with Crippen molar-refractivity contribution in [1.82, 2.24) is 0 Å². The first-order valence-electron chi connectivity index (χ1n) is 10.9. The Morgan fingerprint density at radius 2 is 1.29 bits per heavy atom. The van der Waals surface area contributed by atoms with Gasteiger partial charge in [-0.25, -0.2) is 0 Å². The SMILES string of the molecule is CC(=O)Oc1cc(C)cc2c1C(=O)c1c(OC(C)=O)cc(OC(C)=O)c(N3CCOCC3)c1C2=O. The highest BCUT2D eigenvalue weighted by Gasteiger charge is 2.41. The smallest absolute Gasteiger partial charge is 0.308 e. The largest absolute Gasteiger partial charge is 0.426 e. The number of ketones is 2. The number of ether oxygens (including phenoxy) is 4. The van der Waals surface area contributed by atoms with Crippen molar-refractivity contribution in [2.24, 2.45) is 0 Å². The summed E-state index contributed by atoms with van der Waals surface area (Å²) in [5.74, 6) is -3.61. The molecule has 0 saturated carbocycles. The Morgan fingerprint density at radius 1 is 0.743 bits per heavy atom. The minimum Gasteiger partial charge on any atom is -0.426 e. The van der Waals surface area contributed by atoms with Crippen LogP contribution in [-0.4, -0.2) is 55.8 Å². The van der Waals surface area contributed by atoms with Crippen molar-refractivity contribution in [3.63, 3.8) is 0 Å². The van der Waals surface area contributed by atoms with Gasteiger partial charge in [-0.15, -0.1) is 0 Å². The third kappa shape index (κ3) is 4.52. The van der Waals surface area contributed by atoms with Gasteiger partial charge in [-0.1, -0.05) is 0 Å². The summed E-state index contributed by atoms with van der Waals surface area (Å²) in [6.07, 6.45) is 0. The first-order chi connectivity index (χ1) is 16.6. The normalized spacial score (nSPS) is 14.7. The topological polar surface area (TPSA) is 126 Å². The van der Waals surface area contributed by atoms with E-state index in [-0.39, 0.29) is 45.2 Å². The number of carbonyl (C=O) groups is 5. The number of hydrogen-bond donors (Lipinski definition) is 0. The van der Waals surface area contributed by atoms with Gasteiger partial charge >= 0.3 is 17.9 Å². The van der Waals surface area contributed by atoms with E-state index in [0.717, 1.165) is 6.92 Å². The zero-order valence-corrected chi connectivity index (χ0v) is 19.7. The Bertz CT molecular complexity index is 1290. The quantitative estimate of drug-likeness (QED) is 0.405. The summed E-state index contributed by atoms with van der Waals surface area (Å²) in [5, 5.41) is 0. The zero-order chi connectivity index (χ0) is 25.4. The van der Waals surface area contributed by atoms with Crippen LogP contribution in [0.15, 0.2) is 18.2 Å². The van der Waals surface area contributed by atoms with E-state index >= 15 is 0 Å². The van der Waals surface area contributed by atoms with Crippen LogP contribution in [0.2, 0.25) is 0 Å². The van der Waals surface area contributed by atoms with E-state index < -0.39 is 29.5 Å². The summed E-state index contributed by atoms with van der Waals surface area (Å²) >= 11 is 0. The molecule has 0 atom stereocenters. The van der Waals surface area contributed by atoms with Crippen LogP contribution in [0.25, 0.3) is 0 Å². The van der Waals surface area contributed by atoms with Crippen LogP contribution in [0, 0.1) is 6.92 Å². The molecule has 1 aliphatic heterocycles. The van der Waals surface area contributed by atoms with Crippen LogP contribution < -0.4 is 19.1 Å². The zero-order valence-electron chi connectivity index (χ0n) is 19.7. The average molecular weight is 481 g/mol. The van der Waals surface area contributed by atoms with Crippen LogP contribution >= 0.6 is 0 Å². The van der Waals surface area contributed by atoms with Crippen LogP contribution in [-0.2, 0) is 19.1 Å². The van der Waals surface area contributed by atoms with Crippen molar-refractivity contribution >= 4 is 35.2 Å². The van der Waals surface area contributed by atoms with E-state index in [9.17, 15) is 24.0 Å². The monoisotopic (exact) mass is 481 g/mol. The molecule has 2 aromatic carbocycles. The summed E-state index contributed by atoms with van der Waals surface area (Å²) in [6, 6.07) is 4.26. The molecule has 0 spiro atoms. The minimum absolute atomic E-state index is 0.0214. The molecule has 1 heterocycles. The van der Waals surface area contributed by atoms with Gasteiger partial charge in [-0.05, 0) is 24.6 Å². The number of rotatable bonds is 4. The number of esters is 3. The summed E-state index contributed by atoms with van der Waals surface area (Å²) in [4.78, 5) is 65.1. The Kier molecular flexibility index (Phi) is 6.40. The number of anilines is 1. The van der Waals surface area contributed by atoms with Gasteiger partial charge in [-0.2, -0.15) is 0 Å². The minimum atomic E-state index is -0.741. The fraction of sp³-hybridized carbons (Fsp3) is 0.320. The maximum Gasteiger partial charge on any atom is 0.308 e. The van der Waals surface area contributed by atoms with E-state index in [2.05, 4.69) is 0 Å². The molecular weight excluding hydrogens is 458 g/mol. The molecule has 182 valence electrons. The number of morpholine rings is 1. The number of aryl methyl sites for hydroxylation is 1. The van der Waals surface area contributed by atoms with Crippen molar-refractivity contribution < 1.29 is 42.9 Å². The predicted octanol–water partition coefficient (Wildman–Crippen LogP) is 2.38. The molecule has 0 aromatic heterocycles. The van der Waals surface area contributed by atoms with Crippen molar-refractivity contribution in [1.29, 1.82) is 0 Å². The van der Waals surface area contributed by atoms with E-state index in [0.29, 0.717) is 31.9 Å². The summed E-state index contributed by atoms with van der Waals surface area (Å²) in [7, 11) is 0. The molecule has 1 saturated heterocycles. The Balaban J connectivity index is 2.06. The van der Waals surface area contributed by atoms with Gasteiger partial charge in [0.15, 0.2) is 11.5 Å². The molecule has 2 aliphatic rings. The molecule has 1 fully saturated rings. The maximum atomic E-state index is 14.0. The molecule has 0 bridgehead atoms. The summed E-state index contributed by atoms with van der Waals surface area (Å²) in [6.45, 7) is 6.67. The van der Waals surface area contributed by atoms with Gasteiger partial charge in [0, 0.05) is 45.5 Å². The standard InChI is InChI=1S/C25H23NO9/c1-12-9-16-20(17(10-12)33-13(2)27)25(31)21-18(34-14(3)28)11-19(35-15(4)29)23(22(21)24(16)30)26-5-7-32-8-6-26/h9-11H,5-8H2,1-4H3. The maximum absolute atomic E-state index is 14.0. The van der Waals surface area contributed by atoms with Crippen molar-refractivity contribution in [3.05, 3.63) is 46.0 Å². The van der Waals surface area contributed by atoms with Crippen molar-refractivity contribution in [2.75, 3.05) is 31.2 Å². The lowest BCUT2D eigenvalue weighted by Crippen LogP contribution is -2.38. The Labute approximate surface area is 200 Å². The lowest BCUT2D eigenvalue weighted by molar-refractivity contribution is -0.133. The highest BCUT2D eigenvalue weighted by atomic mass is 16.5. The van der Waals surface area contributed by atoms with E-state index in [1.807, 2.05) is 0 Å². The summed E-state index contributed by atoms with van der Waals surface area (Å²) < 4.78 is 21.4. The predicted molar refractivity (Wildman–Crippen MR) is 121 cm³/mol. The van der Waals surface area contributed by atoms with Crippen LogP contribution in [0.1, 0.15) is 58.2 Å². The number of nitrogens with zero attached hydrogens (tertiary/aromatic N) is 1. The average Bonchev–Trinajstić information content (AvgIpc) is 2.76. The molecule has 1 aliphatic carbocycles. The van der Waals surface area contributed by atoms with Gasteiger partial charge in [0.2, 0.25) is 5.78 Å². The van der Waals surface area contributed by atoms with E-state index in [4.69, 9.17) is 18.9 Å². The Morgan fingerprint density at radius 3 is 1.86 bits per heavy atom. The third-order valence-corrected chi connectivity index (χ3v) is 5.49. The third-order valence-electron chi connectivity index (χ3n) is 5.49. The Hall–Kier alpha value is -4.05. The fourth-order valence-electron chi connectivity index (χ4n) is 4.30. The molecule has 2 aromatic rings. The number of carbonyl (C=O) groups excluding carboxylic acids is 5. The van der Waals surface area contributed by atoms with Crippen molar-refractivity contribution in [2.45, 2.75) is 27.7 Å².